The average Bonchev–Trinajstić information content (AvgIpc) is 2.96. The molecule has 0 atom stereocenters. The lowest BCUT2D eigenvalue weighted by Gasteiger charge is -2.08. The molecule has 0 aliphatic heterocycles. The first kappa shape index (κ1) is 17.1. The first-order valence-corrected chi connectivity index (χ1v) is 7.78. The molecule has 2 N–H and O–H groups in total. The van der Waals surface area contributed by atoms with Gasteiger partial charge >= 0.3 is 0 Å². The van der Waals surface area contributed by atoms with E-state index in [2.05, 4.69) is 21.0 Å². The van der Waals surface area contributed by atoms with Gasteiger partial charge in [-0.25, -0.2) is 0 Å². The second-order valence-corrected chi connectivity index (χ2v) is 5.58. The van der Waals surface area contributed by atoms with Crippen LogP contribution in [0.2, 0.25) is 5.02 Å². The van der Waals surface area contributed by atoms with E-state index in [-0.39, 0.29) is 17.6 Å². The Morgan fingerprint density at radius 3 is 2.57 bits per heavy atom. The minimum Gasteiger partial charge on any atom is -0.484 e. The standard InChI is InChI=1S/C13H13ClN4O4S/c1-8-15-18-13(22-8)23-7-12(20)17-16-11(19)6-21-10-4-2-9(14)3-5-10/h2-5H,6-7H2,1H3,(H,16,19)(H,17,20). The summed E-state index contributed by atoms with van der Waals surface area (Å²) in [6.45, 7) is 1.41. The van der Waals surface area contributed by atoms with Crippen molar-refractivity contribution in [1.82, 2.24) is 21.0 Å². The average molecular weight is 357 g/mol. The van der Waals surface area contributed by atoms with E-state index in [1.165, 1.54) is 0 Å². The van der Waals surface area contributed by atoms with Crippen LogP contribution in [0.1, 0.15) is 5.89 Å². The molecule has 0 radical (unpaired) electrons. The molecule has 2 rings (SSSR count). The van der Waals surface area contributed by atoms with E-state index in [1.807, 2.05) is 0 Å². The number of hydrogen-bond donors (Lipinski definition) is 2. The highest BCUT2D eigenvalue weighted by atomic mass is 35.5. The van der Waals surface area contributed by atoms with Gasteiger partial charge in [0.15, 0.2) is 6.61 Å². The number of hydrazine groups is 1. The van der Waals surface area contributed by atoms with E-state index in [1.54, 1.807) is 31.2 Å². The molecule has 0 spiro atoms. The van der Waals surface area contributed by atoms with Gasteiger partial charge in [0.25, 0.3) is 11.1 Å². The van der Waals surface area contributed by atoms with Crippen molar-refractivity contribution in [3.8, 4) is 5.75 Å². The third-order valence-electron chi connectivity index (χ3n) is 2.36. The lowest BCUT2D eigenvalue weighted by atomic mass is 10.3. The van der Waals surface area contributed by atoms with Crippen LogP contribution in [0, 0.1) is 6.92 Å². The topological polar surface area (TPSA) is 106 Å². The molecule has 0 saturated carbocycles. The van der Waals surface area contributed by atoms with Crippen LogP contribution in [-0.2, 0) is 9.59 Å². The monoisotopic (exact) mass is 356 g/mol. The lowest BCUT2D eigenvalue weighted by molar-refractivity contribution is -0.128. The maximum absolute atomic E-state index is 11.5. The number of halogens is 1. The Labute approximate surface area is 140 Å². The second-order valence-electron chi connectivity index (χ2n) is 4.21. The molecule has 0 bridgehead atoms. The van der Waals surface area contributed by atoms with Crippen molar-refractivity contribution < 1.29 is 18.7 Å². The van der Waals surface area contributed by atoms with E-state index < -0.39 is 11.8 Å². The zero-order valence-electron chi connectivity index (χ0n) is 12.0. The quantitative estimate of drug-likeness (QED) is 0.594. The Hall–Kier alpha value is -2.26. The summed E-state index contributed by atoms with van der Waals surface area (Å²) in [7, 11) is 0. The molecule has 0 unspecified atom stereocenters. The molecule has 122 valence electrons. The predicted molar refractivity (Wildman–Crippen MR) is 83.0 cm³/mol. The summed E-state index contributed by atoms with van der Waals surface area (Å²) in [6, 6.07) is 6.56. The number of benzene rings is 1. The number of aromatic nitrogens is 2. The lowest BCUT2D eigenvalue weighted by Crippen LogP contribution is -2.44. The highest BCUT2D eigenvalue weighted by Gasteiger charge is 2.09. The summed E-state index contributed by atoms with van der Waals surface area (Å²) < 4.78 is 10.3. The number of thioether (sulfide) groups is 1. The normalized spacial score (nSPS) is 10.2. The van der Waals surface area contributed by atoms with Crippen LogP contribution in [0.3, 0.4) is 0 Å². The third-order valence-corrected chi connectivity index (χ3v) is 3.43. The molecule has 2 aromatic rings. The highest BCUT2D eigenvalue weighted by molar-refractivity contribution is 7.99. The number of nitrogens with one attached hydrogen (secondary N) is 2. The smallest absolute Gasteiger partial charge is 0.277 e. The number of amides is 2. The molecule has 2 amide bonds. The van der Waals surface area contributed by atoms with Gasteiger partial charge < -0.3 is 9.15 Å². The Morgan fingerprint density at radius 2 is 1.91 bits per heavy atom. The van der Waals surface area contributed by atoms with Gasteiger partial charge in [-0.3, -0.25) is 20.4 Å². The molecule has 23 heavy (non-hydrogen) atoms. The number of aryl methyl sites for hydroxylation is 1. The van der Waals surface area contributed by atoms with Crippen molar-refractivity contribution in [2.24, 2.45) is 0 Å². The summed E-state index contributed by atoms with van der Waals surface area (Å²) in [4.78, 5) is 23.1. The molecule has 0 aliphatic rings. The van der Waals surface area contributed by atoms with Crippen LogP contribution < -0.4 is 15.6 Å². The fourth-order valence-electron chi connectivity index (χ4n) is 1.36. The third kappa shape index (κ3) is 6.17. The highest BCUT2D eigenvalue weighted by Crippen LogP contribution is 2.15. The molecule has 1 aromatic carbocycles. The largest absolute Gasteiger partial charge is 0.484 e. The summed E-state index contributed by atoms with van der Waals surface area (Å²) in [5, 5.41) is 8.22. The molecule has 0 saturated heterocycles. The Morgan fingerprint density at radius 1 is 1.22 bits per heavy atom. The number of carbonyl (C=O) groups is 2. The van der Waals surface area contributed by atoms with Gasteiger partial charge in [-0.1, -0.05) is 23.4 Å². The summed E-state index contributed by atoms with van der Waals surface area (Å²) in [5.41, 5.74) is 4.49. The SMILES string of the molecule is Cc1nnc(SCC(=O)NNC(=O)COc2ccc(Cl)cc2)o1. The minimum atomic E-state index is -0.494. The van der Waals surface area contributed by atoms with Crippen LogP contribution in [-0.4, -0.2) is 34.4 Å². The predicted octanol–water partition coefficient (Wildman–Crippen LogP) is 1.35. The molecule has 1 aromatic heterocycles. The maximum Gasteiger partial charge on any atom is 0.277 e. The first-order valence-electron chi connectivity index (χ1n) is 6.42. The van der Waals surface area contributed by atoms with Gasteiger partial charge in [-0.15, -0.1) is 10.2 Å². The van der Waals surface area contributed by atoms with E-state index >= 15 is 0 Å². The zero-order valence-corrected chi connectivity index (χ0v) is 13.6. The molecule has 0 fully saturated rings. The van der Waals surface area contributed by atoms with Gasteiger partial charge in [0, 0.05) is 11.9 Å². The van der Waals surface area contributed by atoms with E-state index in [9.17, 15) is 9.59 Å². The van der Waals surface area contributed by atoms with Gasteiger partial charge in [-0.2, -0.15) is 0 Å². The zero-order chi connectivity index (χ0) is 16.7. The van der Waals surface area contributed by atoms with Crippen LogP contribution in [0.5, 0.6) is 5.75 Å². The molecule has 10 heteroatoms. The van der Waals surface area contributed by atoms with Crippen molar-refractivity contribution in [3.63, 3.8) is 0 Å². The molecule has 0 aliphatic carbocycles. The molecule has 1 heterocycles. The van der Waals surface area contributed by atoms with Crippen molar-refractivity contribution in [2.45, 2.75) is 12.1 Å². The Bertz CT molecular complexity index is 677. The van der Waals surface area contributed by atoms with Crippen LogP contribution in [0.4, 0.5) is 0 Å². The Balaban J connectivity index is 1.63. The van der Waals surface area contributed by atoms with Crippen molar-refractivity contribution in [1.29, 1.82) is 0 Å². The van der Waals surface area contributed by atoms with Crippen LogP contribution >= 0.6 is 23.4 Å². The molecular weight excluding hydrogens is 344 g/mol. The number of nitrogens with zero attached hydrogens (tertiary/aromatic N) is 2. The Kier molecular flexibility index (Phi) is 6.24. The fourth-order valence-corrected chi connectivity index (χ4v) is 2.09. The number of rotatable bonds is 6. The van der Waals surface area contributed by atoms with Gasteiger partial charge in [0.2, 0.25) is 11.8 Å². The van der Waals surface area contributed by atoms with Gasteiger partial charge in [0.1, 0.15) is 5.75 Å². The van der Waals surface area contributed by atoms with Gasteiger partial charge in [-0.05, 0) is 24.3 Å². The number of carbonyl (C=O) groups excluding carboxylic acids is 2. The van der Waals surface area contributed by atoms with Crippen molar-refractivity contribution >= 4 is 35.2 Å². The van der Waals surface area contributed by atoms with Crippen molar-refractivity contribution in [3.05, 3.63) is 35.2 Å². The number of ether oxygens (including phenoxy) is 1. The van der Waals surface area contributed by atoms with Crippen LogP contribution in [0.25, 0.3) is 0 Å². The van der Waals surface area contributed by atoms with E-state index in [4.69, 9.17) is 20.8 Å². The fraction of sp³-hybridized carbons (Fsp3) is 0.231. The summed E-state index contributed by atoms with van der Waals surface area (Å²) in [5.74, 6) is 0.0383. The molecular formula is C13H13ClN4O4S. The van der Waals surface area contributed by atoms with Crippen LogP contribution in [0.15, 0.2) is 33.9 Å². The first-order chi connectivity index (χ1) is 11.0. The summed E-state index contributed by atoms with van der Waals surface area (Å²) >= 11 is 6.80. The molecule has 8 nitrogen and oxygen atoms in total. The minimum absolute atomic E-state index is 0.0277. The maximum atomic E-state index is 11.5. The summed E-state index contributed by atoms with van der Waals surface area (Å²) in [6.07, 6.45) is 0. The van der Waals surface area contributed by atoms with E-state index in [0.717, 1.165) is 11.8 Å². The van der Waals surface area contributed by atoms with Crippen molar-refractivity contribution in [2.75, 3.05) is 12.4 Å². The number of hydrogen-bond acceptors (Lipinski definition) is 7. The second kappa shape index (κ2) is 8.39. The van der Waals surface area contributed by atoms with Gasteiger partial charge in [0.05, 0.1) is 5.75 Å². The van der Waals surface area contributed by atoms with E-state index in [0.29, 0.717) is 16.7 Å².